The molecule has 10 nitrogen and oxygen atoms in total. The topological polar surface area (TPSA) is 131 Å². The first-order valence-electron chi connectivity index (χ1n) is 9.70. The average molecular weight is 426 g/mol. The highest BCUT2D eigenvalue weighted by Gasteiger charge is 2.36. The summed E-state index contributed by atoms with van der Waals surface area (Å²) in [6.45, 7) is 0.777. The highest BCUT2D eigenvalue weighted by molar-refractivity contribution is 6.21. The van der Waals surface area contributed by atoms with E-state index in [0.29, 0.717) is 19.4 Å². The molecule has 0 aromatic heterocycles. The summed E-state index contributed by atoms with van der Waals surface area (Å²) < 4.78 is 5.27. The second-order valence-electron chi connectivity index (χ2n) is 6.85. The predicted octanol–water partition coefficient (Wildman–Crippen LogP) is 2.13. The van der Waals surface area contributed by atoms with Crippen LogP contribution in [-0.4, -0.2) is 54.4 Å². The van der Waals surface area contributed by atoms with Crippen molar-refractivity contribution >= 4 is 23.5 Å². The summed E-state index contributed by atoms with van der Waals surface area (Å²) in [6, 6.07) is 10.8. The van der Waals surface area contributed by atoms with Crippen molar-refractivity contribution in [3.63, 3.8) is 0 Å². The van der Waals surface area contributed by atoms with Crippen LogP contribution in [0.4, 0.5) is 10.5 Å². The van der Waals surface area contributed by atoms with Crippen molar-refractivity contribution in [1.82, 2.24) is 15.5 Å². The minimum absolute atomic E-state index is 0.0289. The lowest BCUT2D eigenvalue weighted by atomic mass is 10.1. The lowest BCUT2D eigenvalue weighted by molar-refractivity contribution is -0.384. The maximum absolute atomic E-state index is 12.4. The van der Waals surface area contributed by atoms with Crippen molar-refractivity contribution < 1.29 is 24.0 Å². The van der Waals surface area contributed by atoms with Crippen LogP contribution < -0.4 is 15.4 Å². The molecule has 0 aliphatic carbocycles. The van der Waals surface area contributed by atoms with Gasteiger partial charge >= 0.3 is 6.03 Å². The highest BCUT2D eigenvalue weighted by Crippen LogP contribution is 2.26. The number of nitrogens with one attached hydrogen (secondary N) is 2. The number of carbonyl (C=O) groups excluding carboxylic acids is 3. The summed E-state index contributed by atoms with van der Waals surface area (Å²) in [5.41, 5.74) is 0.920. The van der Waals surface area contributed by atoms with E-state index in [2.05, 4.69) is 10.6 Å². The molecule has 2 aromatic rings. The largest absolute Gasteiger partial charge is 0.496 e. The first-order valence-corrected chi connectivity index (χ1v) is 9.70. The number of imide groups is 1. The number of methoxy groups -OCH3 is 1. The van der Waals surface area contributed by atoms with Gasteiger partial charge in [-0.3, -0.25) is 24.6 Å². The van der Waals surface area contributed by atoms with E-state index in [4.69, 9.17) is 4.74 Å². The molecule has 1 aliphatic rings. The summed E-state index contributed by atoms with van der Waals surface area (Å²) in [5, 5.41) is 16.3. The number of nitrogens with zero attached hydrogens (tertiary/aromatic N) is 2. The number of rotatable bonds is 9. The molecule has 0 atom stereocenters. The predicted molar refractivity (Wildman–Crippen MR) is 111 cm³/mol. The van der Waals surface area contributed by atoms with Gasteiger partial charge in [0.25, 0.3) is 17.5 Å². The number of amides is 4. The molecule has 0 fully saturated rings. The zero-order chi connectivity index (χ0) is 22.4. The third-order valence-corrected chi connectivity index (χ3v) is 4.88. The van der Waals surface area contributed by atoms with E-state index in [1.807, 2.05) is 24.3 Å². The summed E-state index contributed by atoms with van der Waals surface area (Å²) in [4.78, 5) is 48.0. The van der Waals surface area contributed by atoms with Gasteiger partial charge in [-0.15, -0.1) is 0 Å². The molecule has 2 N–H and O–H groups in total. The molecule has 1 aliphatic heterocycles. The Hall–Kier alpha value is -3.95. The van der Waals surface area contributed by atoms with Gasteiger partial charge in [-0.05, 0) is 30.5 Å². The van der Waals surface area contributed by atoms with Crippen LogP contribution in [0.5, 0.6) is 5.75 Å². The third kappa shape index (κ3) is 4.97. The van der Waals surface area contributed by atoms with Gasteiger partial charge in [0.1, 0.15) is 5.75 Å². The molecule has 0 spiro atoms. The van der Waals surface area contributed by atoms with Crippen molar-refractivity contribution in [2.75, 3.05) is 26.7 Å². The van der Waals surface area contributed by atoms with Gasteiger partial charge in [0, 0.05) is 31.8 Å². The van der Waals surface area contributed by atoms with Gasteiger partial charge in [0.05, 0.1) is 23.2 Å². The van der Waals surface area contributed by atoms with E-state index >= 15 is 0 Å². The van der Waals surface area contributed by atoms with Crippen LogP contribution in [0.2, 0.25) is 0 Å². The Morgan fingerprint density at radius 2 is 1.77 bits per heavy atom. The molecule has 0 unspecified atom stereocenters. The van der Waals surface area contributed by atoms with Gasteiger partial charge < -0.3 is 15.4 Å². The van der Waals surface area contributed by atoms with E-state index in [9.17, 15) is 24.5 Å². The molecule has 0 bridgehead atoms. The molecular formula is C21H22N4O6. The van der Waals surface area contributed by atoms with Crippen molar-refractivity contribution in [3.05, 3.63) is 69.3 Å². The van der Waals surface area contributed by atoms with Gasteiger partial charge in [-0.1, -0.05) is 18.2 Å². The standard InChI is InChI=1S/C21H22N4O6/c1-31-18-6-3-2-5-14(18)9-11-23-21(28)22-10-4-12-24-19(26)16-8-7-15(25(29)30)13-17(16)20(24)27/h2-3,5-8,13H,4,9-12H2,1H3,(H2,22,23,28). The Morgan fingerprint density at radius 3 is 2.52 bits per heavy atom. The molecule has 31 heavy (non-hydrogen) atoms. The monoisotopic (exact) mass is 426 g/mol. The zero-order valence-corrected chi connectivity index (χ0v) is 16.9. The van der Waals surface area contributed by atoms with E-state index in [-0.39, 0.29) is 35.9 Å². The molecule has 2 aromatic carbocycles. The Morgan fingerprint density at radius 1 is 1.06 bits per heavy atom. The van der Waals surface area contributed by atoms with Gasteiger partial charge in [0.15, 0.2) is 0 Å². The fourth-order valence-corrected chi connectivity index (χ4v) is 3.32. The zero-order valence-electron chi connectivity index (χ0n) is 16.9. The van der Waals surface area contributed by atoms with Crippen LogP contribution in [0.15, 0.2) is 42.5 Å². The van der Waals surface area contributed by atoms with Gasteiger partial charge in [0.2, 0.25) is 0 Å². The molecular weight excluding hydrogens is 404 g/mol. The molecule has 0 saturated carbocycles. The number of carbonyl (C=O) groups is 3. The smallest absolute Gasteiger partial charge is 0.314 e. The summed E-state index contributed by atoms with van der Waals surface area (Å²) in [7, 11) is 1.59. The van der Waals surface area contributed by atoms with Crippen molar-refractivity contribution in [3.8, 4) is 5.75 Å². The Bertz CT molecular complexity index is 1020. The van der Waals surface area contributed by atoms with Crippen molar-refractivity contribution in [2.24, 2.45) is 0 Å². The van der Waals surface area contributed by atoms with Crippen LogP contribution in [0, 0.1) is 10.1 Å². The molecule has 10 heteroatoms. The minimum Gasteiger partial charge on any atom is -0.496 e. The van der Waals surface area contributed by atoms with Crippen LogP contribution in [0.1, 0.15) is 32.7 Å². The normalized spacial score (nSPS) is 12.5. The first kappa shape index (κ1) is 21.8. The fourth-order valence-electron chi connectivity index (χ4n) is 3.32. The lowest BCUT2D eigenvalue weighted by Gasteiger charge is -2.14. The Labute approximate surface area is 178 Å². The third-order valence-electron chi connectivity index (χ3n) is 4.88. The molecule has 0 saturated heterocycles. The number of non-ortho nitro benzene ring substituents is 1. The number of nitro benzene ring substituents is 1. The average Bonchev–Trinajstić information content (AvgIpc) is 3.01. The maximum Gasteiger partial charge on any atom is 0.314 e. The van der Waals surface area contributed by atoms with Crippen LogP contribution in [0.25, 0.3) is 0 Å². The molecule has 3 rings (SSSR count). The summed E-state index contributed by atoms with van der Waals surface area (Å²) in [5.74, 6) is -0.294. The Kier molecular flexibility index (Phi) is 6.81. The number of urea groups is 1. The van der Waals surface area contributed by atoms with Crippen LogP contribution in [0.3, 0.4) is 0 Å². The van der Waals surface area contributed by atoms with E-state index < -0.39 is 16.7 Å². The molecule has 1 heterocycles. The lowest BCUT2D eigenvalue weighted by Crippen LogP contribution is -2.38. The van der Waals surface area contributed by atoms with Gasteiger partial charge in [-0.2, -0.15) is 0 Å². The number of para-hydroxylation sites is 1. The SMILES string of the molecule is COc1ccccc1CCNC(=O)NCCCN1C(=O)c2ccc([N+](=O)[O-])cc2C1=O. The quantitative estimate of drug-likeness (QED) is 0.273. The van der Waals surface area contributed by atoms with E-state index in [1.165, 1.54) is 12.1 Å². The van der Waals surface area contributed by atoms with Crippen molar-refractivity contribution in [2.45, 2.75) is 12.8 Å². The van der Waals surface area contributed by atoms with Crippen LogP contribution in [-0.2, 0) is 6.42 Å². The number of hydrogen-bond donors (Lipinski definition) is 2. The number of fused-ring (bicyclic) bond motifs is 1. The maximum atomic E-state index is 12.4. The number of benzene rings is 2. The molecule has 162 valence electrons. The molecule has 0 radical (unpaired) electrons. The van der Waals surface area contributed by atoms with E-state index in [1.54, 1.807) is 7.11 Å². The first-order chi connectivity index (χ1) is 14.9. The molecule has 4 amide bonds. The van der Waals surface area contributed by atoms with E-state index in [0.717, 1.165) is 22.3 Å². The summed E-state index contributed by atoms with van der Waals surface area (Å²) in [6.07, 6.45) is 0.964. The second-order valence-corrected chi connectivity index (χ2v) is 6.85. The number of nitro groups is 1. The number of hydrogen-bond acceptors (Lipinski definition) is 6. The van der Waals surface area contributed by atoms with Gasteiger partial charge in [-0.25, -0.2) is 4.79 Å². The van der Waals surface area contributed by atoms with Crippen LogP contribution >= 0.6 is 0 Å². The van der Waals surface area contributed by atoms with Crippen molar-refractivity contribution in [1.29, 1.82) is 0 Å². The Balaban J connectivity index is 1.41. The summed E-state index contributed by atoms with van der Waals surface area (Å²) >= 11 is 0. The number of ether oxygens (including phenoxy) is 1. The minimum atomic E-state index is -0.614. The second kappa shape index (κ2) is 9.70. The highest BCUT2D eigenvalue weighted by atomic mass is 16.6. The fraction of sp³-hybridized carbons (Fsp3) is 0.286.